The van der Waals surface area contributed by atoms with Gasteiger partial charge >= 0.3 is 0 Å². The van der Waals surface area contributed by atoms with Gasteiger partial charge in [0.2, 0.25) is 0 Å². The van der Waals surface area contributed by atoms with Gasteiger partial charge in [0.15, 0.2) is 11.4 Å². The summed E-state index contributed by atoms with van der Waals surface area (Å²) in [5, 5.41) is 3.26. The Morgan fingerprint density at radius 3 is 2.90 bits per heavy atom. The van der Waals surface area contributed by atoms with Crippen molar-refractivity contribution in [3.63, 3.8) is 0 Å². The number of hydrogen-bond acceptors (Lipinski definition) is 4. The molecule has 0 aromatic carbocycles. The molecule has 0 spiro atoms. The summed E-state index contributed by atoms with van der Waals surface area (Å²) in [6, 6.07) is 3.76. The van der Waals surface area contributed by atoms with E-state index in [2.05, 4.69) is 10.3 Å². The van der Waals surface area contributed by atoms with Gasteiger partial charge in [0, 0.05) is 32.4 Å². The predicted octanol–water partition coefficient (Wildman–Crippen LogP) is 1.09. The third-order valence-corrected chi connectivity index (χ3v) is 3.70. The Bertz CT molecular complexity index is 659. The first-order chi connectivity index (χ1) is 10.2. The monoisotopic (exact) mass is 288 g/mol. The normalized spacial score (nSPS) is 15.4. The summed E-state index contributed by atoms with van der Waals surface area (Å²) in [5.41, 5.74) is 2.08. The molecule has 1 aliphatic heterocycles. The van der Waals surface area contributed by atoms with Crippen molar-refractivity contribution in [2.45, 2.75) is 13.8 Å². The average Bonchev–Trinajstić information content (AvgIpc) is 2.85. The van der Waals surface area contributed by atoms with Crippen LogP contribution in [-0.4, -0.2) is 53.0 Å². The van der Waals surface area contributed by atoms with Crippen molar-refractivity contribution in [1.29, 1.82) is 0 Å². The number of rotatable bonds is 3. The van der Waals surface area contributed by atoms with Crippen LogP contribution in [0.2, 0.25) is 0 Å². The van der Waals surface area contributed by atoms with Crippen LogP contribution in [0.5, 0.6) is 5.75 Å². The smallest absolute Gasteiger partial charge is 0.272 e. The number of nitrogens with zero attached hydrogens (tertiary/aromatic N) is 3. The Hall–Kier alpha value is -2.08. The Kier molecular flexibility index (Phi) is 3.79. The third-order valence-electron chi connectivity index (χ3n) is 3.70. The summed E-state index contributed by atoms with van der Waals surface area (Å²) in [5.74, 6) is 0.748. The molecule has 21 heavy (non-hydrogen) atoms. The first-order valence-electron chi connectivity index (χ1n) is 7.33. The largest absolute Gasteiger partial charge is 0.490 e. The molecule has 1 fully saturated rings. The van der Waals surface area contributed by atoms with Crippen LogP contribution in [-0.2, 0) is 0 Å². The maximum absolute atomic E-state index is 12.8. The number of nitrogens with one attached hydrogen (secondary N) is 1. The number of imidazole rings is 1. The number of aromatic nitrogens is 2. The average molecular weight is 288 g/mol. The number of piperazine rings is 1. The number of amides is 1. The highest BCUT2D eigenvalue weighted by Gasteiger charge is 2.24. The zero-order chi connectivity index (χ0) is 14.8. The molecule has 3 rings (SSSR count). The first-order valence-corrected chi connectivity index (χ1v) is 7.33. The highest BCUT2D eigenvalue weighted by molar-refractivity contribution is 5.95. The van der Waals surface area contributed by atoms with Gasteiger partial charge in [0.1, 0.15) is 5.69 Å². The standard InChI is InChI=1S/C15H20N4O2/c1-3-21-12-5-4-8-19-13(11(2)17-14(12)19)15(20)18-9-6-16-7-10-18/h4-5,8,16H,3,6-7,9-10H2,1-2H3. The Morgan fingerprint density at radius 1 is 1.43 bits per heavy atom. The Labute approximate surface area is 123 Å². The van der Waals surface area contributed by atoms with Gasteiger partial charge in [-0.3, -0.25) is 9.20 Å². The van der Waals surface area contributed by atoms with E-state index >= 15 is 0 Å². The van der Waals surface area contributed by atoms with Crippen molar-refractivity contribution in [3.8, 4) is 5.75 Å². The van der Waals surface area contributed by atoms with E-state index in [1.165, 1.54) is 0 Å². The van der Waals surface area contributed by atoms with E-state index in [4.69, 9.17) is 4.74 Å². The summed E-state index contributed by atoms with van der Waals surface area (Å²) in [6.07, 6.45) is 1.87. The van der Waals surface area contributed by atoms with E-state index in [9.17, 15) is 4.79 Å². The van der Waals surface area contributed by atoms with Crippen molar-refractivity contribution in [3.05, 3.63) is 29.7 Å². The number of hydrogen-bond donors (Lipinski definition) is 1. The molecule has 112 valence electrons. The van der Waals surface area contributed by atoms with Crippen LogP contribution in [0, 0.1) is 6.92 Å². The number of aryl methyl sites for hydroxylation is 1. The molecule has 0 unspecified atom stereocenters. The zero-order valence-electron chi connectivity index (χ0n) is 12.4. The fourth-order valence-corrected chi connectivity index (χ4v) is 2.70. The second kappa shape index (κ2) is 5.73. The summed E-state index contributed by atoms with van der Waals surface area (Å²) >= 11 is 0. The molecule has 0 bridgehead atoms. The van der Waals surface area contributed by atoms with Crippen molar-refractivity contribution >= 4 is 11.6 Å². The molecule has 1 N–H and O–H groups in total. The van der Waals surface area contributed by atoms with E-state index in [1.54, 1.807) is 0 Å². The minimum absolute atomic E-state index is 0.0372. The molecule has 6 nitrogen and oxygen atoms in total. The van der Waals surface area contributed by atoms with Gasteiger partial charge in [-0.15, -0.1) is 0 Å². The van der Waals surface area contributed by atoms with Gasteiger partial charge in [-0.05, 0) is 26.0 Å². The van der Waals surface area contributed by atoms with Crippen molar-refractivity contribution in [2.24, 2.45) is 0 Å². The van der Waals surface area contributed by atoms with Crippen molar-refractivity contribution in [2.75, 3.05) is 32.8 Å². The second-order valence-electron chi connectivity index (χ2n) is 5.09. The highest BCUT2D eigenvalue weighted by Crippen LogP contribution is 2.23. The molecule has 0 saturated carbocycles. The first kappa shape index (κ1) is 13.9. The van der Waals surface area contributed by atoms with Crippen LogP contribution in [0.3, 0.4) is 0 Å². The molecule has 3 heterocycles. The Balaban J connectivity index is 2.03. The lowest BCUT2D eigenvalue weighted by Crippen LogP contribution is -2.46. The van der Waals surface area contributed by atoms with Gasteiger partial charge in [0.25, 0.3) is 5.91 Å². The molecule has 0 radical (unpaired) electrons. The quantitative estimate of drug-likeness (QED) is 0.918. The van der Waals surface area contributed by atoms with Crippen LogP contribution >= 0.6 is 0 Å². The van der Waals surface area contributed by atoms with E-state index < -0.39 is 0 Å². The molecule has 2 aromatic rings. The van der Waals surface area contributed by atoms with Gasteiger partial charge in [0.05, 0.1) is 12.3 Å². The Morgan fingerprint density at radius 2 is 2.19 bits per heavy atom. The highest BCUT2D eigenvalue weighted by atomic mass is 16.5. The molecule has 6 heteroatoms. The minimum Gasteiger partial charge on any atom is -0.490 e. The minimum atomic E-state index is 0.0372. The van der Waals surface area contributed by atoms with Crippen molar-refractivity contribution in [1.82, 2.24) is 19.6 Å². The lowest BCUT2D eigenvalue weighted by Gasteiger charge is -2.27. The third kappa shape index (κ3) is 2.47. The number of carbonyl (C=O) groups excluding carboxylic acids is 1. The molecule has 2 aromatic heterocycles. The maximum Gasteiger partial charge on any atom is 0.272 e. The van der Waals surface area contributed by atoms with E-state index in [-0.39, 0.29) is 5.91 Å². The molecule has 0 atom stereocenters. The zero-order valence-corrected chi connectivity index (χ0v) is 12.4. The van der Waals surface area contributed by atoms with Crippen LogP contribution in [0.25, 0.3) is 5.65 Å². The van der Waals surface area contributed by atoms with E-state index in [0.29, 0.717) is 23.7 Å². The maximum atomic E-state index is 12.8. The van der Waals surface area contributed by atoms with Gasteiger partial charge in [-0.2, -0.15) is 0 Å². The molecule has 1 aliphatic rings. The lowest BCUT2D eigenvalue weighted by atomic mass is 10.2. The molecular formula is C15H20N4O2. The molecular weight excluding hydrogens is 268 g/mol. The van der Waals surface area contributed by atoms with Crippen LogP contribution in [0.4, 0.5) is 0 Å². The lowest BCUT2D eigenvalue weighted by molar-refractivity contribution is 0.0728. The summed E-state index contributed by atoms with van der Waals surface area (Å²) in [4.78, 5) is 19.2. The summed E-state index contributed by atoms with van der Waals surface area (Å²) in [6.45, 7) is 7.53. The predicted molar refractivity (Wildman–Crippen MR) is 79.9 cm³/mol. The number of pyridine rings is 1. The second-order valence-corrected chi connectivity index (χ2v) is 5.09. The van der Waals surface area contributed by atoms with Crippen LogP contribution in [0.1, 0.15) is 23.1 Å². The SMILES string of the molecule is CCOc1cccn2c(C(=O)N3CCNCC3)c(C)nc12. The summed E-state index contributed by atoms with van der Waals surface area (Å²) < 4.78 is 7.43. The van der Waals surface area contributed by atoms with Gasteiger partial charge in [-0.1, -0.05) is 0 Å². The van der Waals surface area contributed by atoms with Crippen molar-refractivity contribution < 1.29 is 9.53 Å². The fourth-order valence-electron chi connectivity index (χ4n) is 2.70. The summed E-state index contributed by atoms with van der Waals surface area (Å²) in [7, 11) is 0. The van der Waals surface area contributed by atoms with Crippen LogP contribution in [0.15, 0.2) is 18.3 Å². The van der Waals surface area contributed by atoms with E-state index in [1.807, 2.05) is 41.5 Å². The number of ether oxygens (including phenoxy) is 1. The fraction of sp³-hybridized carbons (Fsp3) is 0.467. The molecule has 1 saturated heterocycles. The number of fused-ring (bicyclic) bond motifs is 1. The topological polar surface area (TPSA) is 58.9 Å². The number of carbonyl (C=O) groups is 1. The van der Waals surface area contributed by atoms with Crippen LogP contribution < -0.4 is 10.1 Å². The van der Waals surface area contributed by atoms with Gasteiger partial charge < -0.3 is 15.0 Å². The van der Waals surface area contributed by atoms with E-state index in [0.717, 1.165) is 31.9 Å². The van der Waals surface area contributed by atoms with Gasteiger partial charge in [-0.25, -0.2) is 4.98 Å². The molecule has 0 aliphatic carbocycles. The molecule has 1 amide bonds.